The first-order chi connectivity index (χ1) is 6.20. The maximum absolute atomic E-state index is 11.1. The summed E-state index contributed by atoms with van der Waals surface area (Å²) in [5.41, 5.74) is 7.17. The lowest BCUT2D eigenvalue weighted by Gasteiger charge is -2.09. The molecule has 1 radical (unpaired) electrons. The first-order valence-electron chi connectivity index (χ1n) is 4.29. The zero-order valence-corrected chi connectivity index (χ0v) is 7.40. The van der Waals surface area contributed by atoms with Crippen molar-refractivity contribution in [1.29, 1.82) is 0 Å². The normalized spacial score (nSPS) is 25.0. The van der Waals surface area contributed by atoms with Crippen molar-refractivity contribution in [2.75, 3.05) is 0 Å². The van der Waals surface area contributed by atoms with Crippen LogP contribution in [0.1, 0.15) is 18.4 Å². The summed E-state index contributed by atoms with van der Waals surface area (Å²) in [5.74, 6) is -0.530. The minimum absolute atomic E-state index is 0.0186. The van der Waals surface area contributed by atoms with E-state index < -0.39 is 0 Å². The zero-order valence-electron chi connectivity index (χ0n) is 7.40. The second-order valence-corrected chi connectivity index (χ2v) is 3.31. The van der Waals surface area contributed by atoms with Gasteiger partial charge in [-0.05, 0) is 18.6 Å². The molecule has 1 aromatic carbocycles. The molecule has 67 valence electrons. The predicted molar refractivity (Wildman–Crippen MR) is 49.6 cm³/mol. The van der Waals surface area contributed by atoms with Crippen molar-refractivity contribution >= 4 is 11.6 Å². The fraction of sp³-hybridized carbons (Fsp3) is 0.300. The summed E-state index contributed by atoms with van der Waals surface area (Å²) < 4.78 is 0. The number of amides is 1. The molecule has 1 heterocycles. The molecule has 1 amide bonds. The van der Waals surface area contributed by atoms with Crippen LogP contribution >= 0.6 is 0 Å². The van der Waals surface area contributed by atoms with E-state index in [1.807, 2.05) is 31.2 Å². The quantitative estimate of drug-likeness (QED) is 0.677. The molecule has 3 heteroatoms. The third kappa shape index (κ3) is 1.16. The molecule has 2 atom stereocenters. The van der Waals surface area contributed by atoms with Crippen LogP contribution in [0, 0.1) is 0 Å². The Balaban J connectivity index is 2.46. The van der Waals surface area contributed by atoms with Gasteiger partial charge in [0.1, 0.15) is 0 Å². The minimum Gasteiger partial charge on any atom is -0.369 e. The van der Waals surface area contributed by atoms with Crippen molar-refractivity contribution < 1.29 is 4.79 Å². The Bertz CT molecular complexity index is 349. The van der Waals surface area contributed by atoms with E-state index in [1.165, 1.54) is 0 Å². The van der Waals surface area contributed by atoms with Gasteiger partial charge >= 0.3 is 0 Å². The predicted octanol–water partition coefficient (Wildman–Crippen LogP) is 0.893. The molecule has 1 aromatic rings. The average molecular weight is 175 g/mol. The molecule has 13 heavy (non-hydrogen) atoms. The monoisotopic (exact) mass is 175 g/mol. The van der Waals surface area contributed by atoms with Crippen LogP contribution in [0.5, 0.6) is 0 Å². The maximum atomic E-state index is 11.1. The van der Waals surface area contributed by atoms with Gasteiger partial charge in [-0.2, -0.15) is 0 Å². The van der Waals surface area contributed by atoms with Crippen molar-refractivity contribution in [3.63, 3.8) is 0 Å². The molecule has 0 spiro atoms. The van der Waals surface area contributed by atoms with Gasteiger partial charge in [-0.15, -0.1) is 0 Å². The summed E-state index contributed by atoms with van der Waals surface area (Å²) in [7, 11) is 0. The van der Waals surface area contributed by atoms with Gasteiger partial charge in [0.05, 0.1) is 17.6 Å². The van der Waals surface area contributed by atoms with Gasteiger partial charge in [0.15, 0.2) is 0 Å². The van der Waals surface area contributed by atoms with Crippen molar-refractivity contribution in [1.82, 2.24) is 5.32 Å². The van der Waals surface area contributed by atoms with Crippen LogP contribution in [0.4, 0.5) is 5.69 Å². The van der Waals surface area contributed by atoms with E-state index in [0.29, 0.717) is 0 Å². The van der Waals surface area contributed by atoms with Crippen LogP contribution in [-0.4, -0.2) is 11.9 Å². The van der Waals surface area contributed by atoms with Gasteiger partial charge in [0.25, 0.3) is 0 Å². The number of benzene rings is 1. The SMILES string of the molecule is CC1[N]c2ccccc2C1C(N)=O. The van der Waals surface area contributed by atoms with E-state index in [1.54, 1.807) is 0 Å². The number of nitrogens with zero attached hydrogens (tertiary/aromatic N) is 1. The Labute approximate surface area is 76.9 Å². The van der Waals surface area contributed by atoms with Gasteiger partial charge in [0.2, 0.25) is 5.91 Å². The molecule has 0 aromatic heterocycles. The fourth-order valence-corrected chi connectivity index (χ4v) is 1.81. The summed E-state index contributed by atoms with van der Waals surface area (Å²) in [4.78, 5) is 11.1. The number of primary amides is 1. The summed E-state index contributed by atoms with van der Waals surface area (Å²) in [6.45, 7) is 1.91. The average Bonchev–Trinajstić information content (AvgIpc) is 2.39. The Morgan fingerprint density at radius 1 is 1.46 bits per heavy atom. The molecule has 2 unspecified atom stereocenters. The lowest BCUT2D eigenvalue weighted by atomic mass is 9.96. The second kappa shape index (κ2) is 2.76. The van der Waals surface area contributed by atoms with Crippen molar-refractivity contribution in [3.8, 4) is 0 Å². The number of hydrogen-bond acceptors (Lipinski definition) is 1. The molecule has 0 bridgehead atoms. The minimum atomic E-state index is -0.291. The van der Waals surface area contributed by atoms with Crippen LogP contribution in [-0.2, 0) is 4.79 Å². The largest absolute Gasteiger partial charge is 0.369 e. The Morgan fingerprint density at radius 2 is 2.15 bits per heavy atom. The molecule has 0 fully saturated rings. The molecule has 0 saturated carbocycles. The van der Waals surface area contributed by atoms with Crippen LogP contribution < -0.4 is 11.1 Å². The number of fused-ring (bicyclic) bond motifs is 1. The lowest BCUT2D eigenvalue weighted by molar-refractivity contribution is -0.119. The lowest BCUT2D eigenvalue weighted by Crippen LogP contribution is -2.28. The number of rotatable bonds is 1. The van der Waals surface area contributed by atoms with Crippen molar-refractivity contribution in [2.24, 2.45) is 5.73 Å². The summed E-state index contributed by atoms with van der Waals surface area (Å²) in [6.07, 6.45) is 0. The van der Waals surface area contributed by atoms with E-state index in [2.05, 4.69) is 5.32 Å². The fourth-order valence-electron chi connectivity index (χ4n) is 1.81. The van der Waals surface area contributed by atoms with Gasteiger partial charge in [0, 0.05) is 0 Å². The number of nitrogens with two attached hydrogens (primary N) is 1. The van der Waals surface area contributed by atoms with Crippen LogP contribution in [0.2, 0.25) is 0 Å². The van der Waals surface area contributed by atoms with Gasteiger partial charge in [-0.25, -0.2) is 0 Å². The van der Waals surface area contributed by atoms with E-state index in [0.717, 1.165) is 11.3 Å². The maximum Gasteiger partial charge on any atom is 0.227 e. The second-order valence-electron chi connectivity index (χ2n) is 3.31. The van der Waals surface area contributed by atoms with Gasteiger partial charge < -0.3 is 5.73 Å². The third-order valence-corrected chi connectivity index (χ3v) is 2.40. The van der Waals surface area contributed by atoms with Crippen LogP contribution in [0.25, 0.3) is 0 Å². The van der Waals surface area contributed by atoms with E-state index in [-0.39, 0.29) is 17.9 Å². The van der Waals surface area contributed by atoms with Gasteiger partial charge in [-0.3, -0.25) is 10.1 Å². The first-order valence-corrected chi connectivity index (χ1v) is 4.29. The summed E-state index contributed by atoms with van der Waals surface area (Å²) in [5, 5.41) is 4.35. The molecular formula is C10H11N2O. The Hall–Kier alpha value is -1.51. The Morgan fingerprint density at radius 3 is 2.85 bits per heavy atom. The first kappa shape index (κ1) is 8.10. The van der Waals surface area contributed by atoms with E-state index in [9.17, 15) is 4.79 Å². The highest BCUT2D eigenvalue weighted by atomic mass is 16.1. The highest BCUT2D eigenvalue weighted by Gasteiger charge is 2.34. The number of carbonyl (C=O) groups excluding carboxylic acids is 1. The standard InChI is InChI=1S/C10H11N2O/c1-6-9(10(11)13)7-4-2-3-5-8(7)12-6/h2-6,9H,1H3,(H2,11,13). The molecule has 3 nitrogen and oxygen atoms in total. The molecule has 2 N–H and O–H groups in total. The van der Waals surface area contributed by atoms with E-state index >= 15 is 0 Å². The molecular weight excluding hydrogens is 164 g/mol. The topological polar surface area (TPSA) is 57.2 Å². The highest BCUT2D eigenvalue weighted by Crippen LogP contribution is 2.35. The van der Waals surface area contributed by atoms with Crippen molar-refractivity contribution in [3.05, 3.63) is 29.8 Å². The van der Waals surface area contributed by atoms with Crippen LogP contribution in [0.3, 0.4) is 0 Å². The highest BCUT2D eigenvalue weighted by molar-refractivity contribution is 5.86. The Kier molecular flexibility index (Phi) is 1.72. The number of para-hydroxylation sites is 1. The molecule has 1 aliphatic rings. The molecule has 2 rings (SSSR count). The van der Waals surface area contributed by atoms with Gasteiger partial charge in [-0.1, -0.05) is 18.2 Å². The molecule has 0 saturated heterocycles. The molecule has 0 aliphatic carbocycles. The third-order valence-electron chi connectivity index (χ3n) is 2.40. The van der Waals surface area contributed by atoms with Crippen LogP contribution in [0.15, 0.2) is 24.3 Å². The smallest absolute Gasteiger partial charge is 0.227 e. The van der Waals surface area contributed by atoms with E-state index in [4.69, 9.17) is 5.73 Å². The summed E-state index contributed by atoms with van der Waals surface area (Å²) in [6, 6.07) is 7.63. The zero-order chi connectivity index (χ0) is 9.42. The van der Waals surface area contributed by atoms with Crippen molar-refractivity contribution in [2.45, 2.75) is 18.9 Å². The number of carbonyl (C=O) groups is 1. The molecule has 1 aliphatic heterocycles. The summed E-state index contributed by atoms with van der Waals surface area (Å²) >= 11 is 0. The number of hydrogen-bond donors (Lipinski definition) is 1.